The first-order valence-corrected chi connectivity index (χ1v) is 28.6. The fourth-order valence-corrected chi connectivity index (χ4v) is 12.4. The number of likely N-dealkylation sites (N-methyl/N-ethyl adjacent to an activating group) is 4. The predicted molar refractivity (Wildman–Crippen MR) is 294 cm³/mol. The molecule has 4 heterocycles. The SMILES string of the molecule is CCC(C)C1C(=O)OCC(NC(=O)c2cnc3ccccc3n2)C(=O)NC(C)C(=O)N(C)C2C(=O)N(C)C(C(C)CC)C(=O)OCC(NC(=O)c3cnc4ccccc4n3)C(=O)NC(C)C(=O)N(C)C(CS(=O)C2SC)C(=O)N1C. The van der Waals surface area contributed by atoms with Crippen LogP contribution in [0.15, 0.2) is 60.9 Å². The van der Waals surface area contributed by atoms with Gasteiger partial charge >= 0.3 is 11.9 Å². The molecule has 25 nitrogen and oxygen atoms in total. The summed E-state index contributed by atoms with van der Waals surface area (Å²) >= 11 is 0.883. The van der Waals surface area contributed by atoms with Gasteiger partial charge in [-0.2, -0.15) is 0 Å². The first-order valence-electron chi connectivity index (χ1n) is 25.9. The van der Waals surface area contributed by atoms with E-state index in [1.807, 2.05) is 0 Å². The zero-order valence-electron chi connectivity index (χ0n) is 46.4. The van der Waals surface area contributed by atoms with Gasteiger partial charge in [-0.25, -0.2) is 19.6 Å². The Morgan fingerprint density at radius 3 is 1.45 bits per heavy atom. The molecule has 2 aliphatic rings. The molecule has 0 saturated carbocycles. The molecule has 2 aliphatic heterocycles. The van der Waals surface area contributed by atoms with Gasteiger partial charge in [0.05, 0.1) is 40.2 Å². The first-order chi connectivity index (χ1) is 37.9. The second kappa shape index (κ2) is 27.0. The van der Waals surface area contributed by atoms with Crippen LogP contribution in [0.5, 0.6) is 0 Å². The van der Waals surface area contributed by atoms with Gasteiger partial charge in [0.25, 0.3) is 11.8 Å². The molecule has 4 aromatic rings. The lowest BCUT2D eigenvalue weighted by atomic mass is 9.97. The molecule has 12 unspecified atom stereocenters. The predicted octanol–water partition coefficient (Wildman–Crippen LogP) is 0.431. The topological polar surface area (TPSA) is 319 Å². The van der Waals surface area contributed by atoms with Crippen LogP contribution in [0.3, 0.4) is 0 Å². The van der Waals surface area contributed by atoms with E-state index in [0.29, 0.717) is 22.1 Å². The van der Waals surface area contributed by atoms with Crippen LogP contribution in [0, 0.1) is 11.8 Å². The number of thioether (sulfide) groups is 1. The lowest BCUT2D eigenvalue weighted by Crippen LogP contribution is -2.62. The van der Waals surface area contributed by atoms with E-state index >= 15 is 13.8 Å². The number of hydrogen-bond donors (Lipinski definition) is 4. The number of rotatable bonds is 9. The third-order valence-electron chi connectivity index (χ3n) is 14.4. The van der Waals surface area contributed by atoms with E-state index in [1.54, 1.807) is 76.2 Å². The van der Waals surface area contributed by atoms with Gasteiger partial charge in [-0.05, 0) is 56.2 Å². The van der Waals surface area contributed by atoms with E-state index in [0.717, 1.165) is 31.4 Å². The van der Waals surface area contributed by atoms with E-state index in [4.69, 9.17) is 9.47 Å². The Hall–Kier alpha value is -7.68. The van der Waals surface area contributed by atoms with Gasteiger partial charge in [-0.1, -0.05) is 64.8 Å². The largest absolute Gasteiger partial charge is 0.461 e. The van der Waals surface area contributed by atoms with Crippen LogP contribution < -0.4 is 21.3 Å². The maximum absolute atomic E-state index is 15.4. The summed E-state index contributed by atoms with van der Waals surface area (Å²) in [6, 6.07) is 0.662. The molecule has 6 rings (SSSR count). The first kappa shape index (κ1) is 61.5. The van der Waals surface area contributed by atoms with E-state index in [1.165, 1.54) is 60.7 Å². The quantitative estimate of drug-likeness (QED) is 0.165. The maximum Gasteiger partial charge on any atom is 0.329 e. The lowest BCUT2D eigenvalue weighted by Gasteiger charge is -2.40. The highest BCUT2D eigenvalue weighted by atomic mass is 32.2. The number of aromatic nitrogens is 4. The molecule has 80 heavy (non-hydrogen) atoms. The second-order valence-electron chi connectivity index (χ2n) is 19.8. The molecule has 430 valence electrons. The zero-order chi connectivity index (χ0) is 58.9. The van der Waals surface area contributed by atoms with Crippen LogP contribution in [0.4, 0.5) is 0 Å². The van der Waals surface area contributed by atoms with Crippen molar-refractivity contribution in [2.45, 2.75) is 107 Å². The summed E-state index contributed by atoms with van der Waals surface area (Å²) in [5.74, 6) is -11.7. The van der Waals surface area contributed by atoms with E-state index in [-0.39, 0.29) is 24.2 Å². The molecule has 27 heteroatoms. The van der Waals surface area contributed by atoms with Crippen molar-refractivity contribution in [3.63, 3.8) is 0 Å². The van der Waals surface area contributed by atoms with Crippen LogP contribution in [0.25, 0.3) is 22.1 Å². The fraction of sp³-hybridized carbons (Fsp3) is 0.509. The number of ether oxygens (including phenoxy) is 2. The van der Waals surface area contributed by atoms with Crippen molar-refractivity contribution in [1.29, 1.82) is 0 Å². The number of carbonyl (C=O) groups excluding carboxylic acids is 10. The van der Waals surface area contributed by atoms with Gasteiger partial charge in [-0.15, -0.1) is 11.8 Å². The van der Waals surface area contributed by atoms with Gasteiger partial charge in [0.15, 0.2) is 0 Å². The third-order valence-corrected chi connectivity index (χ3v) is 17.8. The van der Waals surface area contributed by atoms with Crippen molar-refractivity contribution >= 4 is 104 Å². The summed E-state index contributed by atoms with van der Waals surface area (Å²) in [6.45, 7) is 7.70. The minimum absolute atomic E-state index is 0.206. The Kier molecular flexibility index (Phi) is 20.8. The Balaban J connectivity index is 1.47. The van der Waals surface area contributed by atoms with Crippen molar-refractivity contribution in [1.82, 2.24) is 60.8 Å². The van der Waals surface area contributed by atoms with Gasteiger partial charge < -0.3 is 50.3 Å². The van der Waals surface area contributed by atoms with E-state index in [9.17, 15) is 38.4 Å². The molecule has 0 spiro atoms. The molecule has 8 amide bonds. The van der Waals surface area contributed by atoms with Gasteiger partial charge in [-0.3, -0.25) is 52.5 Å². The third kappa shape index (κ3) is 13.8. The minimum Gasteiger partial charge on any atom is -0.461 e. The Bertz CT molecular complexity index is 3060. The number of cyclic esters (lactones) is 2. The maximum atomic E-state index is 15.4. The molecule has 0 aliphatic carbocycles. The molecule has 2 aromatic carbocycles. The smallest absolute Gasteiger partial charge is 0.329 e. The molecule has 2 fully saturated rings. The standard InChI is InChI=1S/C53H68N12O13S2/c1-12-27(3)40-51(74)77-24-38(61-44(67)36-23-55-32-19-15-17-21-34(32)59-36)46(69)57-30(6)48(71)65(10)42-50(73)64(9)41(28(4)13-2)52(75)78-25-37(60-43(66)35-22-54-31-18-14-16-20-33(31)58-35)45(68)56-29(5)47(70)62(7)39(49(72)63(40)8)26-80(76)53(42)79-11/h14-23,27-30,37-42,53H,12-13,24-26H2,1-11H3,(H,56,68)(H,57,69)(H,60,66)(H,61,67). The number of benzene rings is 2. The molecule has 0 radical (unpaired) electrons. The highest BCUT2D eigenvalue weighted by molar-refractivity contribution is 8.11. The Morgan fingerprint density at radius 1 is 0.637 bits per heavy atom. The Labute approximate surface area is 469 Å². The van der Waals surface area contributed by atoms with Gasteiger partial charge in [0, 0.05) is 39.0 Å². The summed E-state index contributed by atoms with van der Waals surface area (Å²) in [4.78, 5) is 167. The van der Waals surface area contributed by atoms with Crippen LogP contribution in [-0.4, -0.2) is 209 Å². The summed E-state index contributed by atoms with van der Waals surface area (Å²) in [7, 11) is 2.60. The van der Waals surface area contributed by atoms with Crippen LogP contribution in [0.2, 0.25) is 0 Å². The summed E-state index contributed by atoms with van der Waals surface area (Å²) in [6.07, 6.45) is 4.43. The zero-order valence-corrected chi connectivity index (χ0v) is 48.0. The molecular formula is C53H68N12O13S2. The fourth-order valence-electron chi connectivity index (χ4n) is 9.27. The van der Waals surface area contributed by atoms with Crippen LogP contribution in [0.1, 0.15) is 75.4 Å². The normalized spacial score (nSPS) is 26.5. The van der Waals surface area contributed by atoms with Crippen molar-refractivity contribution in [2.24, 2.45) is 11.8 Å². The number of para-hydroxylation sites is 4. The highest BCUT2D eigenvalue weighted by Gasteiger charge is 2.47. The average molecular weight is 1150 g/mol. The molecule has 2 saturated heterocycles. The molecule has 12 atom stereocenters. The summed E-state index contributed by atoms with van der Waals surface area (Å²) < 4.78 is 25.4. The minimum atomic E-state index is -2.39. The average Bonchev–Trinajstić information content (AvgIpc) is 3.51. The van der Waals surface area contributed by atoms with Crippen molar-refractivity contribution in [3.8, 4) is 0 Å². The number of nitrogens with one attached hydrogen (secondary N) is 4. The van der Waals surface area contributed by atoms with Gasteiger partial charge in [0.1, 0.15) is 77.5 Å². The van der Waals surface area contributed by atoms with Crippen LogP contribution >= 0.6 is 11.8 Å². The summed E-state index contributed by atoms with van der Waals surface area (Å²) in [5, 5.41) is 10.1. The Morgan fingerprint density at radius 2 is 1.04 bits per heavy atom. The number of fused-ring (bicyclic) bond motifs is 6. The number of esters is 2. The van der Waals surface area contributed by atoms with Gasteiger partial charge in [0.2, 0.25) is 35.4 Å². The van der Waals surface area contributed by atoms with Crippen LogP contribution in [-0.2, 0) is 58.6 Å². The van der Waals surface area contributed by atoms with E-state index < -0.39 is 154 Å². The molecule has 2 aromatic heterocycles. The van der Waals surface area contributed by atoms with Crippen molar-refractivity contribution < 1.29 is 61.6 Å². The number of nitrogens with zero attached hydrogens (tertiary/aromatic N) is 8. The molecule has 4 N–H and O–H groups in total. The lowest BCUT2D eigenvalue weighted by molar-refractivity contribution is -0.160. The van der Waals surface area contributed by atoms with Crippen molar-refractivity contribution in [2.75, 3.05) is 53.4 Å². The number of amides is 8. The number of carbonyl (C=O) groups is 10. The van der Waals surface area contributed by atoms with Crippen molar-refractivity contribution in [3.05, 3.63) is 72.3 Å². The monoisotopic (exact) mass is 1140 g/mol. The summed E-state index contributed by atoms with van der Waals surface area (Å²) in [5.41, 5.74) is 1.27. The second-order valence-corrected chi connectivity index (χ2v) is 22.7. The highest BCUT2D eigenvalue weighted by Crippen LogP contribution is 2.28. The molecular weight excluding hydrogens is 1080 g/mol. The number of hydrogen-bond acceptors (Lipinski definition) is 18. The molecule has 2 bridgehead atoms. The van der Waals surface area contributed by atoms with E-state index in [2.05, 4.69) is 41.2 Å².